The van der Waals surface area contributed by atoms with Gasteiger partial charge in [0, 0.05) is 31.9 Å². The standard InChI is InChI=1S/C25H28N4O4S2/c1-18-8-9-20-21(14-18)35-25(29(20)15-24(32)33-2)26-22(30)16-34-17-23(31)28-12-10-27(11-13-28)19-6-4-3-5-7-19/h3-9,14H,10-13,15-17H2,1-2H3. The van der Waals surface area contributed by atoms with Crippen LogP contribution in [0.5, 0.6) is 0 Å². The van der Waals surface area contributed by atoms with Crippen molar-refractivity contribution >= 4 is 56.8 Å². The highest BCUT2D eigenvalue weighted by Gasteiger charge is 2.21. The Morgan fingerprint density at radius 3 is 2.49 bits per heavy atom. The number of aryl methyl sites for hydroxylation is 1. The van der Waals surface area contributed by atoms with Gasteiger partial charge in [0.25, 0.3) is 5.91 Å². The molecule has 3 aromatic rings. The van der Waals surface area contributed by atoms with Crippen molar-refractivity contribution < 1.29 is 19.1 Å². The molecular weight excluding hydrogens is 484 g/mol. The Labute approximate surface area is 212 Å². The van der Waals surface area contributed by atoms with Crippen LogP contribution in [0.15, 0.2) is 53.5 Å². The van der Waals surface area contributed by atoms with Crippen molar-refractivity contribution in [3.8, 4) is 0 Å². The van der Waals surface area contributed by atoms with Crippen LogP contribution in [-0.2, 0) is 25.7 Å². The maximum absolute atomic E-state index is 12.6. The number of esters is 1. The fourth-order valence-corrected chi connectivity index (χ4v) is 5.76. The summed E-state index contributed by atoms with van der Waals surface area (Å²) >= 11 is 2.63. The van der Waals surface area contributed by atoms with Crippen molar-refractivity contribution in [2.45, 2.75) is 13.5 Å². The smallest absolute Gasteiger partial charge is 0.325 e. The molecule has 1 aromatic heterocycles. The number of fused-ring (bicyclic) bond motifs is 1. The second-order valence-corrected chi connectivity index (χ2v) is 10.2. The molecule has 2 amide bonds. The first kappa shape index (κ1) is 25.0. The largest absolute Gasteiger partial charge is 0.468 e. The minimum Gasteiger partial charge on any atom is -0.468 e. The molecule has 0 spiro atoms. The highest BCUT2D eigenvalue weighted by Crippen LogP contribution is 2.19. The van der Waals surface area contributed by atoms with Crippen LogP contribution in [0.4, 0.5) is 5.69 Å². The number of piperazine rings is 1. The topological polar surface area (TPSA) is 84.2 Å². The maximum atomic E-state index is 12.6. The van der Waals surface area contributed by atoms with Crippen LogP contribution < -0.4 is 9.70 Å². The number of benzene rings is 2. The van der Waals surface area contributed by atoms with Crippen LogP contribution in [0.2, 0.25) is 0 Å². The van der Waals surface area contributed by atoms with Gasteiger partial charge in [-0.3, -0.25) is 14.4 Å². The summed E-state index contributed by atoms with van der Waals surface area (Å²) in [7, 11) is 1.33. The molecule has 184 valence electrons. The first-order valence-electron chi connectivity index (χ1n) is 11.3. The maximum Gasteiger partial charge on any atom is 0.325 e. The normalized spacial score (nSPS) is 14.4. The van der Waals surface area contributed by atoms with Gasteiger partial charge in [0.15, 0.2) is 4.80 Å². The second-order valence-electron chi connectivity index (χ2n) is 8.22. The number of thiazole rings is 1. The molecule has 0 unspecified atom stereocenters. The Morgan fingerprint density at radius 2 is 1.77 bits per heavy atom. The third kappa shape index (κ3) is 6.32. The molecule has 0 saturated carbocycles. The molecule has 4 rings (SSSR count). The number of anilines is 1. The number of thioether (sulfide) groups is 1. The average Bonchev–Trinajstić information content (AvgIpc) is 3.19. The van der Waals surface area contributed by atoms with E-state index in [9.17, 15) is 14.4 Å². The Balaban J connectivity index is 1.33. The van der Waals surface area contributed by atoms with Crippen LogP contribution in [-0.4, -0.2) is 72.0 Å². The SMILES string of the molecule is COC(=O)Cn1c(=NC(=O)CSCC(=O)N2CCN(c3ccccc3)CC2)sc2cc(C)ccc21. The van der Waals surface area contributed by atoms with Crippen molar-refractivity contribution in [3.05, 3.63) is 58.9 Å². The summed E-state index contributed by atoms with van der Waals surface area (Å²) in [5.41, 5.74) is 3.08. The Morgan fingerprint density at radius 1 is 1.03 bits per heavy atom. The highest BCUT2D eigenvalue weighted by molar-refractivity contribution is 8.00. The van der Waals surface area contributed by atoms with Crippen LogP contribution in [0.25, 0.3) is 10.2 Å². The van der Waals surface area contributed by atoms with E-state index in [1.165, 1.54) is 35.9 Å². The molecule has 0 atom stereocenters. The molecule has 0 N–H and O–H groups in total. The molecule has 2 aromatic carbocycles. The van der Waals surface area contributed by atoms with Crippen molar-refractivity contribution in [1.82, 2.24) is 9.47 Å². The number of nitrogens with zero attached hydrogens (tertiary/aromatic N) is 4. The van der Waals surface area contributed by atoms with E-state index in [1.807, 2.05) is 48.2 Å². The van der Waals surface area contributed by atoms with Crippen molar-refractivity contribution in [3.63, 3.8) is 0 Å². The van der Waals surface area contributed by atoms with Gasteiger partial charge in [-0.1, -0.05) is 35.6 Å². The molecule has 2 heterocycles. The first-order chi connectivity index (χ1) is 16.9. The van der Waals surface area contributed by atoms with Gasteiger partial charge in [0.2, 0.25) is 5.91 Å². The van der Waals surface area contributed by atoms with Gasteiger partial charge < -0.3 is 19.1 Å². The van der Waals surface area contributed by atoms with Crippen molar-refractivity contribution in [2.24, 2.45) is 4.99 Å². The zero-order valence-corrected chi connectivity index (χ0v) is 21.4. The average molecular weight is 513 g/mol. The quantitative estimate of drug-likeness (QED) is 0.453. The highest BCUT2D eigenvalue weighted by atomic mass is 32.2. The van der Waals surface area contributed by atoms with E-state index in [2.05, 4.69) is 22.0 Å². The molecule has 8 nitrogen and oxygen atoms in total. The van der Waals surface area contributed by atoms with Gasteiger partial charge in [0.05, 0.1) is 28.8 Å². The van der Waals surface area contributed by atoms with Gasteiger partial charge in [-0.05, 0) is 36.8 Å². The van der Waals surface area contributed by atoms with Gasteiger partial charge >= 0.3 is 5.97 Å². The molecule has 0 aliphatic carbocycles. The van der Waals surface area contributed by atoms with Crippen LogP contribution >= 0.6 is 23.1 Å². The number of hydrogen-bond acceptors (Lipinski definition) is 7. The predicted molar refractivity (Wildman–Crippen MR) is 140 cm³/mol. The van der Waals surface area contributed by atoms with E-state index in [0.29, 0.717) is 17.9 Å². The summed E-state index contributed by atoms with van der Waals surface area (Å²) in [4.78, 5) is 45.9. The fourth-order valence-electron chi connectivity index (χ4n) is 3.92. The van der Waals surface area contributed by atoms with E-state index in [0.717, 1.165) is 28.9 Å². The first-order valence-corrected chi connectivity index (χ1v) is 13.3. The Kier molecular flexibility index (Phi) is 8.25. The van der Waals surface area contributed by atoms with E-state index >= 15 is 0 Å². The lowest BCUT2D eigenvalue weighted by Crippen LogP contribution is -2.49. The zero-order valence-electron chi connectivity index (χ0n) is 19.8. The summed E-state index contributed by atoms with van der Waals surface area (Å²) in [5, 5.41) is 0. The van der Waals surface area contributed by atoms with Crippen LogP contribution in [0, 0.1) is 6.92 Å². The molecule has 0 radical (unpaired) electrons. The monoisotopic (exact) mass is 512 g/mol. The van der Waals surface area contributed by atoms with Gasteiger partial charge in [-0.2, -0.15) is 4.99 Å². The molecule has 1 saturated heterocycles. The summed E-state index contributed by atoms with van der Waals surface area (Å²) in [6.45, 7) is 4.89. The Hall–Kier alpha value is -3.11. The molecular formula is C25H28N4O4S2. The number of hydrogen-bond donors (Lipinski definition) is 0. The summed E-state index contributed by atoms with van der Waals surface area (Å²) in [5.74, 6) is -0.375. The van der Waals surface area contributed by atoms with Gasteiger partial charge in [0.1, 0.15) is 6.54 Å². The number of methoxy groups -OCH3 is 1. The van der Waals surface area contributed by atoms with E-state index in [-0.39, 0.29) is 29.9 Å². The van der Waals surface area contributed by atoms with Gasteiger partial charge in [-0.25, -0.2) is 0 Å². The second kappa shape index (κ2) is 11.5. The number of rotatable bonds is 7. The number of aromatic nitrogens is 1. The number of para-hydroxylation sites is 1. The number of carbonyl (C=O) groups excluding carboxylic acids is 3. The molecule has 0 bridgehead atoms. The lowest BCUT2D eigenvalue weighted by atomic mass is 10.2. The lowest BCUT2D eigenvalue weighted by molar-refractivity contribution is -0.141. The summed E-state index contributed by atoms with van der Waals surface area (Å²) < 4.78 is 7.45. The van der Waals surface area contributed by atoms with Crippen LogP contribution in [0.3, 0.4) is 0 Å². The minimum atomic E-state index is -0.411. The zero-order chi connectivity index (χ0) is 24.8. The van der Waals surface area contributed by atoms with Gasteiger partial charge in [-0.15, -0.1) is 11.8 Å². The molecule has 1 aliphatic heterocycles. The summed E-state index contributed by atoms with van der Waals surface area (Å²) in [6, 6.07) is 16.1. The Bertz CT molecular complexity index is 1280. The van der Waals surface area contributed by atoms with Crippen molar-refractivity contribution in [1.29, 1.82) is 0 Å². The fraction of sp³-hybridized carbons (Fsp3) is 0.360. The van der Waals surface area contributed by atoms with E-state index in [1.54, 1.807) is 4.57 Å². The lowest BCUT2D eigenvalue weighted by Gasteiger charge is -2.36. The molecule has 35 heavy (non-hydrogen) atoms. The summed E-state index contributed by atoms with van der Waals surface area (Å²) in [6.07, 6.45) is 0. The molecule has 1 fully saturated rings. The molecule has 1 aliphatic rings. The van der Waals surface area contributed by atoms with E-state index in [4.69, 9.17) is 4.74 Å². The third-order valence-corrected chi connectivity index (χ3v) is 7.72. The van der Waals surface area contributed by atoms with Crippen molar-refractivity contribution in [2.75, 3.05) is 49.7 Å². The third-order valence-electron chi connectivity index (χ3n) is 5.78. The van der Waals surface area contributed by atoms with Crippen LogP contribution in [0.1, 0.15) is 5.56 Å². The number of ether oxygens (including phenoxy) is 1. The van der Waals surface area contributed by atoms with E-state index < -0.39 is 5.97 Å². The predicted octanol–water partition coefficient (Wildman–Crippen LogP) is 2.69. The molecule has 10 heteroatoms. The minimum absolute atomic E-state index is 0.0216. The number of amides is 2. The number of carbonyl (C=O) groups is 3.